The maximum atomic E-state index is 12.2. The van der Waals surface area contributed by atoms with Crippen LogP contribution in [0.5, 0.6) is 0 Å². The van der Waals surface area contributed by atoms with Crippen molar-refractivity contribution in [2.24, 2.45) is 0 Å². The van der Waals surface area contributed by atoms with Crippen LogP contribution in [-0.2, 0) is 25.7 Å². The molecule has 2 aliphatic heterocycles. The summed E-state index contributed by atoms with van der Waals surface area (Å²) in [7, 11) is 0. The number of carbonyl (C=O) groups excluding carboxylic acids is 3. The quantitative estimate of drug-likeness (QED) is 0.659. The van der Waals surface area contributed by atoms with Gasteiger partial charge in [0.05, 0.1) is 31.1 Å². The van der Waals surface area contributed by atoms with Crippen LogP contribution in [0.2, 0.25) is 0 Å². The number of imide groups is 1. The van der Waals surface area contributed by atoms with Gasteiger partial charge >= 0.3 is 6.03 Å². The zero-order valence-corrected chi connectivity index (χ0v) is 14.7. The number of nitrogens with one attached hydrogen (secondary N) is 2. The molecule has 0 spiro atoms. The summed E-state index contributed by atoms with van der Waals surface area (Å²) in [5.74, 6) is -0.0689. The molecule has 1 aromatic rings. The SMILES string of the molecule is Cc1noc(C)c1CO[C@H]1CCOC[C@H]1NC(=O)CN1CC(=O)NC1=O. The molecular formula is C16H22N4O6. The number of aryl methyl sites for hydroxylation is 2. The van der Waals surface area contributed by atoms with E-state index in [-0.39, 0.29) is 31.1 Å². The van der Waals surface area contributed by atoms with Crippen LogP contribution in [0.1, 0.15) is 23.4 Å². The molecule has 10 nitrogen and oxygen atoms in total. The molecule has 0 aromatic carbocycles. The molecule has 2 atom stereocenters. The number of nitrogens with zero attached hydrogens (tertiary/aromatic N) is 2. The van der Waals surface area contributed by atoms with Gasteiger partial charge in [-0.2, -0.15) is 0 Å². The van der Waals surface area contributed by atoms with Crippen molar-refractivity contribution in [3.8, 4) is 0 Å². The Hall–Kier alpha value is -2.46. The van der Waals surface area contributed by atoms with E-state index in [9.17, 15) is 14.4 Å². The third-order valence-electron chi connectivity index (χ3n) is 4.46. The molecule has 2 N–H and O–H groups in total. The summed E-state index contributed by atoms with van der Waals surface area (Å²) in [6.07, 6.45) is 0.409. The molecule has 0 aliphatic carbocycles. The van der Waals surface area contributed by atoms with Crippen LogP contribution in [0.3, 0.4) is 0 Å². The van der Waals surface area contributed by atoms with Gasteiger partial charge in [0, 0.05) is 12.2 Å². The number of ether oxygens (including phenoxy) is 2. The van der Waals surface area contributed by atoms with Crippen LogP contribution in [0, 0.1) is 13.8 Å². The van der Waals surface area contributed by atoms with E-state index in [0.29, 0.717) is 32.0 Å². The van der Waals surface area contributed by atoms with Gasteiger partial charge in [0.25, 0.3) is 0 Å². The second-order valence-corrected chi connectivity index (χ2v) is 6.40. The van der Waals surface area contributed by atoms with Crippen molar-refractivity contribution < 1.29 is 28.4 Å². The minimum atomic E-state index is -0.559. The predicted molar refractivity (Wildman–Crippen MR) is 87.0 cm³/mol. The lowest BCUT2D eigenvalue weighted by atomic mass is 10.1. The molecule has 0 saturated carbocycles. The molecule has 0 bridgehead atoms. The Morgan fingerprint density at radius 2 is 2.23 bits per heavy atom. The Morgan fingerprint density at radius 3 is 2.88 bits per heavy atom. The van der Waals surface area contributed by atoms with Gasteiger partial charge in [-0.15, -0.1) is 0 Å². The van der Waals surface area contributed by atoms with Crippen LogP contribution in [0.25, 0.3) is 0 Å². The highest BCUT2D eigenvalue weighted by Gasteiger charge is 2.32. The Bertz CT molecular complexity index is 683. The summed E-state index contributed by atoms with van der Waals surface area (Å²) in [6, 6.07) is -0.894. The van der Waals surface area contributed by atoms with Gasteiger partial charge < -0.3 is 24.2 Å². The van der Waals surface area contributed by atoms with Crippen LogP contribution in [0.4, 0.5) is 4.79 Å². The average molecular weight is 366 g/mol. The summed E-state index contributed by atoms with van der Waals surface area (Å²) in [6.45, 7) is 4.57. The fraction of sp³-hybridized carbons (Fsp3) is 0.625. The fourth-order valence-electron chi connectivity index (χ4n) is 2.99. The largest absolute Gasteiger partial charge is 0.379 e. The lowest BCUT2D eigenvalue weighted by Gasteiger charge is -2.32. The molecule has 4 amide bonds. The van der Waals surface area contributed by atoms with Crippen LogP contribution >= 0.6 is 0 Å². The maximum absolute atomic E-state index is 12.2. The second-order valence-electron chi connectivity index (χ2n) is 6.40. The minimum Gasteiger partial charge on any atom is -0.379 e. The highest BCUT2D eigenvalue weighted by molar-refractivity contribution is 6.03. The number of carbonyl (C=O) groups is 3. The van der Waals surface area contributed by atoms with E-state index < -0.39 is 11.9 Å². The zero-order valence-electron chi connectivity index (χ0n) is 14.7. The summed E-state index contributed by atoms with van der Waals surface area (Å²) in [5, 5.41) is 8.86. The van der Waals surface area contributed by atoms with Gasteiger partial charge in [-0.05, 0) is 20.3 Å². The first-order chi connectivity index (χ1) is 12.4. The predicted octanol–water partition coefficient (Wildman–Crippen LogP) is -0.366. The maximum Gasteiger partial charge on any atom is 0.325 e. The molecule has 3 rings (SSSR count). The van der Waals surface area contributed by atoms with Crippen molar-refractivity contribution >= 4 is 17.8 Å². The van der Waals surface area contributed by atoms with Crippen molar-refractivity contribution in [3.63, 3.8) is 0 Å². The Balaban J connectivity index is 1.54. The van der Waals surface area contributed by atoms with Gasteiger partial charge in [-0.3, -0.25) is 14.9 Å². The first-order valence-corrected chi connectivity index (χ1v) is 8.43. The van der Waals surface area contributed by atoms with E-state index in [2.05, 4.69) is 15.8 Å². The van der Waals surface area contributed by atoms with Gasteiger partial charge in [-0.25, -0.2) is 4.79 Å². The summed E-state index contributed by atoms with van der Waals surface area (Å²) in [4.78, 5) is 36.1. The van der Waals surface area contributed by atoms with Crippen molar-refractivity contribution in [1.29, 1.82) is 0 Å². The normalized spacial score (nSPS) is 23.2. The second kappa shape index (κ2) is 7.83. The van der Waals surface area contributed by atoms with Crippen molar-refractivity contribution in [3.05, 3.63) is 17.0 Å². The van der Waals surface area contributed by atoms with Crippen molar-refractivity contribution in [2.75, 3.05) is 26.3 Å². The average Bonchev–Trinajstić information content (AvgIpc) is 3.08. The molecule has 0 unspecified atom stereocenters. The van der Waals surface area contributed by atoms with Gasteiger partial charge in [0.15, 0.2) is 0 Å². The molecular weight excluding hydrogens is 344 g/mol. The Morgan fingerprint density at radius 1 is 1.42 bits per heavy atom. The zero-order chi connectivity index (χ0) is 18.7. The first kappa shape index (κ1) is 18.3. The van der Waals surface area contributed by atoms with Gasteiger partial charge in [0.1, 0.15) is 18.8 Å². The van der Waals surface area contributed by atoms with Crippen LogP contribution < -0.4 is 10.6 Å². The molecule has 2 fully saturated rings. The first-order valence-electron chi connectivity index (χ1n) is 8.43. The summed E-state index contributed by atoms with van der Waals surface area (Å²) in [5.41, 5.74) is 1.67. The number of hydrogen-bond acceptors (Lipinski definition) is 7. The van der Waals surface area contributed by atoms with E-state index in [1.807, 2.05) is 13.8 Å². The minimum absolute atomic E-state index is 0.112. The highest BCUT2D eigenvalue weighted by Crippen LogP contribution is 2.18. The van der Waals surface area contributed by atoms with E-state index in [0.717, 1.165) is 16.2 Å². The highest BCUT2D eigenvalue weighted by atomic mass is 16.5. The smallest absolute Gasteiger partial charge is 0.325 e. The van der Waals surface area contributed by atoms with Crippen LogP contribution in [0.15, 0.2) is 4.52 Å². The third-order valence-corrected chi connectivity index (χ3v) is 4.46. The molecule has 3 heterocycles. The monoisotopic (exact) mass is 366 g/mol. The number of amides is 4. The lowest BCUT2D eigenvalue weighted by Crippen LogP contribution is -2.52. The van der Waals surface area contributed by atoms with Gasteiger partial charge in [0.2, 0.25) is 11.8 Å². The summed E-state index contributed by atoms with van der Waals surface area (Å²) < 4.78 is 16.5. The molecule has 26 heavy (non-hydrogen) atoms. The number of aromatic nitrogens is 1. The van der Waals surface area contributed by atoms with E-state index in [1.54, 1.807) is 0 Å². The topological polar surface area (TPSA) is 123 Å². The fourth-order valence-corrected chi connectivity index (χ4v) is 2.99. The molecule has 142 valence electrons. The molecule has 0 radical (unpaired) electrons. The lowest BCUT2D eigenvalue weighted by molar-refractivity contribution is -0.127. The molecule has 1 aromatic heterocycles. The van der Waals surface area contributed by atoms with Crippen LogP contribution in [-0.4, -0.2) is 66.4 Å². The van der Waals surface area contributed by atoms with Crippen molar-refractivity contribution in [1.82, 2.24) is 20.7 Å². The van der Waals surface area contributed by atoms with Crippen molar-refractivity contribution in [2.45, 2.75) is 39.0 Å². The van der Waals surface area contributed by atoms with Gasteiger partial charge in [-0.1, -0.05) is 5.16 Å². The standard InChI is InChI=1S/C16H22N4O6/c1-9-11(10(2)26-19-9)7-25-13-3-4-24-8-12(13)17-14(21)5-20-6-15(22)18-16(20)23/h12-13H,3-8H2,1-2H3,(H,17,21)(H,18,22,23)/t12-,13+/m1/s1. The Kier molecular flexibility index (Phi) is 5.52. The number of urea groups is 1. The molecule has 2 saturated heterocycles. The third kappa shape index (κ3) is 4.20. The molecule has 10 heteroatoms. The van der Waals surface area contributed by atoms with E-state index in [4.69, 9.17) is 14.0 Å². The number of hydrogen-bond donors (Lipinski definition) is 2. The van der Waals surface area contributed by atoms with E-state index in [1.165, 1.54) is 0 Å². The summed E-state index contributed by atoms with van der Waals surface area (Å²) >= 11 is 0. The number of rotatable bonds is 6. The molecule has 2 aliphatic rings. The van der Waals surface area contributed by atoms with E-state index >= 15 is 0 Å². The Labute approximate surface area is 150 Å².